The van der Waals surface area contributed by atoms with Crippen LogP contribution in [0, 0.1) is 0 Å². The number of nitrogens with zero attached hydrogens (tertiary/aromatic N) is 9. The summed E-state index contributed by atoms with van der Waals surface area (Å²) in [6.45, 7) is 0. The number of rotatable bonds is 0. The number of pyridine rings is 1. The Morgan fingerprint density at radius 1 is 0.500 bits per heavy atom. The van der Waals surface area contributed by atoms with Crippen LogP contribution in [0.15, 0.2) is 91.3 Å². The van der Waals surface area contributed by atoms with Crippen LogP contribution in [0.4, 0.5) is 0 Å². The molecular weight excluding hydrogens is 838 g/mol. The maximum atomic E-state index is 9.19. The predicted molar refractivity (Wildman–Crippen MR) is 202 cm³/mol. The molecule has 0 saturated carbocycles. The molecule has 1 radical (unpaired) electrons. The molecule has 4 aromatic heterocycles. The first-order chi connectivity index (χ1) is 25.3. The molecule has 7 aromatic rings. The summed E-state index contributed by atoms with van der Waals surface area (Å²) in [6.07, 6.45) is 4.19. The van der Waals surface area contributed by atoms with Crippen molar-refractivity contribution < 1.29 is 55.3 Å². The maximum absolute atomic E-state index is 9.19. The van der Waals surface area contributed by atoms with Crippen molar-refractivity contribution in [2.45, 2.75) is 14.9 Å². The van der Waals surface area contributed by atoms with E-state index in [4.69, 9.17) is 69.7 Å². The fourth-order valence-corrected chi connectivity index (χ4v) is 5.35. The van der Waals surface area contributed by atoms with Gasteiger partial charge in [-0.2, -0.15) is 8.42 Å². The molecule has 18 nitrogen and oxygen atoms in total. The molecule has 9 rings (SSSR count). The Bertz CT molecular complexity index is 2900. The van der Waals surface area contributed by atoms with E-state index in [1.54, 1.807) is 12.4 Å². The molecule has 2 aliphatic rings. The average Bonchev–Trinajstić information content (AvgIpc) is 3.83. The number of benzene rings is 3. The standard InChI is InChI=1S/C31H15N9.CH4O3S.2CH4.Cu.2O3S/c1-2-8-17-16(7-1)24-33-25(17)35-27-20-11-5-6-12-21(20)29(37-27)39-31-23-15-32-14-13-22(23)30(40-31)38-28-19-10-4-3-9-18(19)26(34-24)36-28;1-5(2,3)4;;;;2*1-4(2)3/h1-15H;1H3,(H,2,3,4);2*1H4;;;/q-2;;;;+2;;. The van der Waals surface area contributed by atoms with Crippen molar-refractivity contribution in [3.8, 4) is 45.6 Å². The number of hydrogen-bond acceptors (Lipinski definition) is 15. The Kier molecular flexibility index (Phi) is 14.6. The minimum atomic E-state index is -3.67. The van der Waals surface area contributed by atoms with E-state index in [1.165, 1.54) is 0 Å². The van der Waals surface area contributed by atoms with Crippen LogP contribution in [0.2, 0.25) is 0 Å². The minimum absolute atomic E-state index is 0. The van der Waals surface area contributed by atoms with Crippen molar-refractivity contribution in [3.63, 3.8) is 0 Å². The zero-order valence-corrected chi connectivity index (χ0v) is 30.3. The van der Waals surface area contributed by atoms with Crippen molar-refractivity contribution in [2.24, 2.45) is 0 Å². The van der Waals surface area contributed by atoms with Gasteiger partial charge in [0.15, 0.2) is 11.6 Å². The summed E-state index contributed by atoms with van der Waals surface area (Å²) in [5.41, 5.74) is 5.52. The molecule has 6 heterocycles. The van der Waals surface area contributed by atoms with Crippen LogP contribution in [0.3, 0.4) is 0 Å². The molecule has 1 N–H and O–H groups in total. The third-order valence-corrected chi connectivity index (χ3v) is 7.22. The van der Waals surface area contributed by atoms with Gasteiger partial charge in [-0.1, -0.05) is 87.6 Å². The predicted octanol–water partition coefficient (Wildman–Crippen LogP) is 4.29. The number of aromatic nitrogens is 9. The maximum Gasteiger partial charge on any atom is 2.00 e. The Balaban J connectivity index is 0.000000463. The summed E-state index contributed by atoms with van der Waals surface area (Å²) >= 11 is 0. The van der Waals surface area contributed by atoms with Gasteiger partial charge < -0.3 is 24.9 Å². The molecule has 0 amide bonds. The summed E-state index contributed by atoms with van der Waals surface area (Å²) < 4.78 is 76.5. The summed E-state index contributed by atoms with van der Waals surface area (Å²) in [4.78, 5) is 43.4. The quantitative estimate of drug-likeness (QED) is 0.164. The molecule has 8 bridgehead atoms. The van der Waals surface area contributed by atoms with E-state index in [0.717, 1.165) is 43.8 Å². The van der Waals surface area contributed by atoms with Gasteiger partial charge in [0.2, 0.25) is 0 Å². The van der Waals surface area contributed by atoms with E-state index in [0.29, 0.717) is 52.1 Å². The van der Waals surface area contributed by atoms with Crippen LogP contribution in [-0.2, 0) is 48.4 Å². The first kappa shape index (κ1) is 44.2. The normalized spacial score (nSPS) is 10.5. The van der Waals surface area contributed by atoms with Crippen LogP contribution in [0.25, 0.3) is 89.7 Å². The Labute approximate surface area is 332 Å². The Morgan fingerprint density at radius 3 is 1.16 bits per heavy atom. The van der Waals surface area contributed by atoms with E-state index in [-0.39, 0.29) is 31.9 Å². The van der Waals surface area contributed by atoms with Crippen molar-refractivity contribution in [3.05, 3.63) is 91.3 Å². The molecular formula is C34H27CuN9O9S3. The van der Waals surface area contributed by atoms with Crippen molar-refractivity contribution in [1.82, 2.24) is 44.9 Å². The smallest absolute Gasteiger partial charge is 0.357 e. The topological polar surface area (TPSA) is 275 Å². The van der Waals surface area contributed by atoms with E-state index in [2.05, 4.69) is 4.98 Å². The molecule has 0 fully saturated rings. The molecule has 0 atom stereocenters. The molecule has 22 heteroatoms. The Morgan fingerprint density at radius 2 is 0.786 bits per heavy atom. The van der Waals surface area contributed by atoms with Gasteiger partial charge in [0.05, 0.1) is 17.9 Å². The van der Waals surface area contributed by atoms with Crippen LogP contribution in [-0.4, -0.2) is 79.4 Å². The summed E-state index contributed by atoms with van der Waals surface area (Å²) in [7, 11) is -9.89. The van der Waals surface area contributed by atoms with Gasteiger partial charge >= 0.3 is 38.3 Å². The second-order valence-corrected chi connectivity index (χ2v) is 13.0. The summed E-state index contributed by atoms with van der Waals surface area (Å²) in [5.74, 6) is 2.06. The average molecular weight is 865 g/mol. The van der Waals surface area contributed by atoms with Gasteiger partial charge in [-0.25, -0.2) is 15.0 Å². The van der Waals surface area contributed by atoms with Crippen LogP contribution < -0.4 is 9.97 Å². The van der Waals surface area contributed by atoms with E-state index in [1.807, 2.05) is 78.9 Å². The van der Waals surface area contributed by atoms with Gasteiger partial charge in [-0.05, 0) is 27.6 Å². The summed E-state index contributed by atoms with van der Waals surface area (Å²) in [5, 5.41) is 3.53. The van der Waals surface area contributed by atoms with Crippen molar-refractivity contribution in [1.29, 1.82) is 0 Å². The zero-order chi connectivity index (χ0) is 37.9. The molecule has 0 unspecified atom stereocenters. The van der Waals surface area contributed by atoms with E-state index < -0.39 is 31.3 Å². The van der Waals surface area contributed by atoms with Gasteiger partial charge in [0.25, 0.3) is 10.1 Å². The molecule has 0 saturated heterocycles. The molecule has 56 heavy (non-hydrogen) atoms. The van der Waals surface area contributed by atoms with Gasteiger partial charge in [0.1, 0.15) is 0 Å². The summed E-state index contributed by atoms with van der Waals surface area (Å²) in [6, 6.07) is 25.7. The van der Waals surface area contributed by atoms with E-state index in [9.17, 15) is 8.42 Å². The third-order valence-electron chi connectivity index (χ3n) is 7.22. The third kappa shape index (κ3) is 10.1. The van der Waals surface area contributed by atoms with Crippen LogP contribution >= 0.6 is 0 Å². The minimum Gasteiger partial charge on any atom is -0.357 e. The Hall–Kier alpha value is -6.16. The monoisotopic (exact) mass is 864 g/mol. The van der Waals surface area contributed by atoms with Gasteiger partial charge in [-0.15, -0.1) is 25.3 Å². The van der Waals surface area contributed by atoms with Gasteiger partial charge in [0, 0.05) is 57.2 Å². The van der Waals surface area contributed by atoms with Gasteiger partial charge in [-0.3, -0.25) is 9.54 Å². The molecule has 0 spiro atoms. The fourth-order valence-electron chi connectivity index (χ4n) is 5.35. The zero-order valence-electron chi connectivity index (χ0n) is 26.9. The molecule has 291 valence electrons. The molecule has 2 aliphatic heterocycles. The largest absolute Gasteiger partial charge is 2.00 e. The first-order valence-electron chi connectivity index (χ1n) is 14.7. The SMILES string of the molecule is C.C.CS(=O)(=O)O.O=S(=O)=O.O=S(=O)=O.[Cu+2].c1ccc2c(c1)-c1nc3nc(nc4[n-]c(nc5[n-]c(nc-2n1)c1ccccc51)c1ccccc41)-c1ccncc1-3. The number of fused-ring (bicyclic) bond motifs is 20. The number of hydrogen-bond donors (Lipinski definition) is 1. The van der Waals surface area contributed by atoms with E-state index >= 15 is 0 Å². The first-order valence-corrected chi connectivity index (χ1v) is 18.5. The second-order valence-electron chi connectivity index (χ2n) is 10.7. The van der Waals surface area contributed by atoms with Crippen molar-refractivity contribution >= 4 is 75.5 Å². The van der Waals surface area contributed by atoms with Crippen LogP contribution in [0.1, 0.15) is 14.9 Å². The molecule has 3 aromatic carbocycles. The van der Waals surface area contributed by atoms with Crippen LogP contribution in [0.5, 0.6) is 0 Å². The van der Waals surface area contributed by atoms with Crippen molar-refractivity contribution in [2.75, 3.05) is 6.26 Å². The molecule has 0 aliphatic carbocycles. The fraction of sp³-hybridized carbons (Fsp3) is 0.0882. The second kappa shape index (κ2) is 18.4.